The summed E-state index contributed by atoms with van der Waals surface area (Å²) in [6.07, 6.45) is 6.76. The molecule has 0 unspecified atom stereocenters. The number of hydrogen-bond donors (Lipinski definition) is 1. The standard InChI is InChI=1S/C13H17N5/c1-18-13(10-6-7-11(14)15-8-10)16-12(17-18)9-4-2-3-5-9/h6-9H,2-5H2,1H3,(H2,14,15). The van der Waals surface area contributed by atoms with E-state index in [1.54, 1.807) is 12.3 Å². The second-order valence-corrected chi connectivity index (χ2v) is 4.87. The molecule has 5 nitrogen and oxygen atoms in total. The van der Waals surface area contributed by atoms with Crippen molar-refractivity contribution in [3.8, 4) is 11.4 Å². The third-order valence-corrected chi connectivity index (χ3v) is 3.54. The van der Waals surface area contributed by atoms with Gasteiger partial charge in [-0.1, -0.05) is 12.8 Å². The van der Waals surface area contributed by atoms with E-state index in [-0.39, 0.29) is 0 Å². The van der Waals surface area contributed by atoms with Crippen molar-refractivity contribution < 1.29 is 0 Å². The van der Waals surface area contributed by atoms with Gasteiger partial charge in [-0.3, -0.25) is 0 Å². The van der Waals surface area contributed by atoms with Crippen molar-refractivity contribution in [1.29, 1.82) is 0 Å². The Morgan fingerprint density at radius 1 is 1.28 bits per heavy atom. The summed E-state index contributed by atoms with van der Waals surface area (Å²) in [6, 6.07) is 3.73. The minimum Gasteiger partial charge on any atom is -0.384 e. The fraction of sp³-hybridized carbons (Fsp3) is 0.462. The quantitative estimate of drug-likeness (QED) is 0.877. The molecule has 2 aromatic rings. The smallest absolute Gasteiger partial charge is 0.159 e. The lowest BCUT2D eigenvalue weighted by Crippen LogP contribution is -1.97. The first kappa shape index (κ1) is 11.2. The van der Waals surface area contributed by atoms with Gasteiger partial charge in [-0.25, -0.2) is 14.6 Å². The highest BCUT2D eigenvalue weighted by Gasteiger charge is 2.22. The summed E-state index contributed by atoms with van der Waals surface area (Å²) in [4.78, 5) is 8.76. The van der Waals surface area contributed by atoms with Gasteiger partial charge in [0, 0.05) is 24.7 Å². The zero-order valence-electron chi connectivity index (χ0n) is 10.5. The van der Waals surface area contributed by atoms with E-state index in [2.05, 4.69) is 15.1 Å². The minimum absolute atomic E-state index is 0.525. The molecule has 1 aliphatic carbocycles. The van der Waals surface area contributed by atoms with Crippen molar-refractivity contribution in [2.45, 2.75) is 31.6 Å². The van der Waals surface area contributed by atoms with Gasteiger partial charge in [-0.15, -0.1) is 0 Å². The van der Waals surface area contributed by atoms with Gasteiger partial charge in [0.25, 0.3) is 0 Å². The average molecular weight is 243 g/mol. The summed E-state index contributed by atoms with van der Waals surface area (Å²) in [5.74, 6) is 2.90. The number of pyridine rings is 1. The summed E-state index contributed by atoms with van der Waals surface area (Å²) >= 11 is 0. The number of rotatable bonds is 2. The molecule has 3 rings (SSSR count). The number of hydrogen-bond acceptors (Lipinski definition) is 4. The van der Waals surface area contributed by atoms with E-state index < -0.39 is 0 Å². The normalized spacial score (nSPS) is 16.3. The molecule has 0 radical (unpaired) electrons. The second-order valence-electron chi connectivity index (χ2n) is 4.87. The Hall–Kier alpha value is -1.91. The predicted octanol–water partition coefficient (Wildman–Crippen LogP) is 2.12. The first-order valence-electron chi connectivity index (χ1n) is 6.37. The zero-order valence-corrected chi connectivity index (χ0v) is 10.5. The minimum atomic E-state index is 0.525. The van der Waals surface area contributed by atoms with Crippen molar-refractivity contribution in [1.82, 2.24) is 19.7 Å². The molecule has 0 bridgehead atoms. The van der Waals surface area contributed by atoms with Gasteiger partial charge >= 0.3 is 0 Å². The molecule has 1 saturated carbocycles. The molecule has 0 saturated heterocycles. The topological polar surface area (TPSA) is 69.6 Å². The molecular weight excluding hydrogens is 226 g/mol. The van der Waals surface area contributed by atoms with Gasteiger partial charge in [-0.05, 0) is 25.0 Å². The number of nitrogens with zero attached hydrogens (tertiary/aromatic N) is 4. The summed E-state index contributed by atoms with van der Waals surface area (Å²) in [5, 5.41) is 4.54. The Morgan fingerprint density at radius 2 is 2.06 bits per heavy atom. The van der Waals surface area contributed by atoms with E-state index in [1.165, 1.54) is 25.7 Å². The van der Waals surface area contributed by atoms with Crippen LogP contribution in [0.3, 0.4) is 0 Å². The van der Waals surface area contributed by atoms with Crippen LogP contribution in [-0.4, -0.2) is 19.7 Å². The third-order valence-electron chi connectivity index (χ3n) is 3.54. The molecule has 2 N–H and O–H groups in total. The third kappa shape index (κ3) is 1.96. The fourth-order valence-electron chi connectivity index (χ4n) is 2.55. The van der Waals surface area contributed by atoms with E-state index in [0.717, 1.165) is 17.2 Å². The molecule has 1 fully saturated rings. The highest BCUT2D eigenvalue weighted by molar-refractivity contribution is 5.55. The SMILES string of the molecule is Cn1nc(C2CCCC2)nc1-c1ccc(N)nc1. The molecule has 1 aliphatic rings. The van der Waals surface area contributed by atoms with E-state index in [0.29, 0.717) is 11.7 Å². The Bertz CT molecular complexity index is 537. The van der Waals surface area contributed by atoms with Gasteiger partial charge in [0.15, 0.2) is 11.6 Å². The van der Waals surface area contributed by atoms with Gasteiger partial charge in [0.05, 0.1) is 0 Å². The molecule has 0 aromatic carbocycles. The Balaban J connectivity index is 1.94. The van der Waals surface area contributed by atoms with Crippen LogP contribution >= 0.6 is 0 Å². The number of aryl methyl sites for hydroxylation is 1. The van der Waals surface area contributed by atoms with Crippen molar-refractivity contribution in [2.75, 3.05) is 5.73 Å². The lowest BCUT2D eigenvalue weighted by Gasteiger charge is -2.00. The van der Waals surface area contributed by atoms with Crippen molar-refractivity contribution in [3.63, 3.8) is 0 Å². The van der Waals surface area contributed by atoms with Crippen LogP contribution in [0.5, 0.6) is 0 Å². The highest BCUT2D eigenvalue weighted by atomic mass is 15.3. The summed E-state index contributed by atoms with van der Waals surface area (Å²) < 4.78 is 1.83. The highest BCUT2D eigenvalue weighted by Crippen LogP contribution is 2.33. The van der Waals surface area contributed by atoms with E-state index in [4.69, 9.17) is 5.73 Å². The largest absolute Gasteiger partial charge is 0.384 e. The summed E-state index contributed by atoms with van der Waals surface area (Å²) in [5.41, 5.74) is 6.56. The summed E-state index contributed by atoms with van der Waals surface area (Å²) in [6.45, 7) is 0. The van der Waals surface area contributed by atoms with Crippen LogP contribution in [0.15, 0.2) is 18.3 Å². The molecule has 0 atom stereocenters. The fourth-order valence-corrected chi connectivity index (χ4v) is 2.55. The van der Waals surface area contributed by atoms with Crippen LogP contribution in [0.4, 0.5) is 5.82 Å². The predicted molar refractivity (Wildman–Crippen MR) is 69.9 cm³/mol. The van der Waals surface area contributed by atoms with Crippen molar-refractivity contribution >= 4 is 5.82 Å². The molecule has 5 heteroatoms. The van der Waals surface area contributed by atoms with Gasteiger partial charge in [-0.2, -0.15) is 5.10 Å². The second kappa shape index (κ2) is 4.40. The van der Waals surface area contributed by atoms with Crippen LogP contribution in [0, 0.1) is 0 Å². The Morgan fingerprint density at radius 3 is 2.72 bits per heavy atom. The van der Waals surface area contributed by atoms with E-state index in [1.807, 2.05) is 17.8 Å². The maximum Gasteiger partial charge on any atom is 0.159 e. The monoisotopic (exact) mass is 243 g/mol. The maximum atomic E-state index is 5.59. The zero-order chi connectivity index (χ0) is 12.5. The van der Waals surface area contributed by atoms with Gasteiger partial charge in [0.2, 0.25) is 0 Å². The number of nitrogen functional groups attached to an aromatic ring is 1. The Kier molecular flexibility index (Phi) is 2.74. The first-order chi connectivity index (χ1) is 8.74. The van der Waals surface area contributed by atoms with Crippen molar-refractivity contribution in [3.05, 3.63) is 24.2 Å². The van der Waals surface area contributed by atoms with E-state index in [9.17, 15) is 0 Å². The van der Waals surface area contributed by atoms with Gasteiger partial charge < -0.3 is 5.73 Å². The molecular formula is C13H17N5. The van der Waals surface area contributed by atoms with Crippen LogP contribution in [0.2, 0.25) is 0 Å². The number of anilines is 1. The van der Waals surface area contributed by atoms with Gasteiger partial charge in [0.1, 0.15) is 5.82 Å². The van der Waals surface area contributed by atoms with Crippen molar-refractivity contribution in [2.24, 2.45) is 7.05 Å². The maximum absolute atomic E-state index is 5.59. The first-order valence-corrected chi connectivity index (χ1v) is 6.37. The molecule has 2 heterocycles. The number of nitrogens with two attached hydrogens (primary N) is 1. The van der Waals surface area contributed by atoms with Crippen LogP contribution < -0.4 is 5.73 Å². The molecule has 0 aliphatic heterocycles. The molecule has 18 heavy (non-hydrogen) atoms. The van der Waals surface area contributed by atoms with Crippen LogP contribution in [0.1, 0.15) is 37.4 Å². The van der Waals surface area contributed by atoms with Crippen LogP contribution in [-0.2, 0) is 7.05 Å². The Labute approximate surface area is 106 Å². The molecule has 2 aromatic heterocycles. The molecule has 94 valence electrons. The lowest BCUT2D eigenvalue weighted by molar-refractivity contribution is 0.648. The molecule has 0 spiro atoms. The summed E-state index contributed by atoms with van der Waals surface area (Å²) in [7, 11) is 1.93. The average Bonchev–Trinajstić information content (AvgIpc) is 2.99. The van der Waals surface area contributed by atoms with Crippen LogP contribution in [0.25, 0.3) is 11.4 Å². The number of aromatic nitrogens is 4. The molecule has 0 amide bonds. The lowest BCUT2D eigenvalue weighted by atomic mass is 10.1. The van der Waals surface area contributed by atoms with E-state index >= 15 is 0 Å².